The van der Waals surface area contributed by atoms with Crippen LogP contribution in [0.4, 0.5) is 0 Å². The van der Waals surface area contributed by atoms with Crippen molar-refractivity contribution in [2.75, 3.05) is 0 Å². The Hall–Kier alpha value is -5.07. The molecule has 0 heterocycles. The van der Waals surface area contributed by atoms with E-state index in [0.29, 0.717) is 0 Å². The van der Waals surface area contributed by atoms with Crippen LogP contribution in [0.3, 0.4) is 0 Å². The summed E-state index contributed by atoms with van der Waals surface area (Å²) in [4.78, 5) is 0. The standard InChI is InChI=1S/C56H68B34/c57-23-15(7-5-1-3-11(34(68)28(5)62)40(74)50(84)42(76)13(3)38(72)36(70)9(1)32(66)30(7)64)24(58)18(20-27(61)21(47(81)53(87)46(20)80)22-48(82)54(88)56(90)55(89)49(22)83)26(60)17(23)19-25(59)16(44(78)52(86)45(19)79)8-6-2-4-12(35(69)29(6)63)41(75)51(85)43(77)14(4)39(73)37(71)10(2)33(67)31(8)65/h57-90H2. The van der Waals surface area contributed by atoms with Crippen LogP contribution in [0.1, 0.15) is 0 Å². The Balaban J connectivity index is 1.34. The van der Waals surface area contributed by atoms with Gasteiger partial charge in [-0.1, -0.05) is 147 Å². The number of rotatable bonds is 5. The van der Waals surface area contributed by atoms with Crippen molar-refractivity contribution < 1.29 is 0 Å². The van der Waals surface area contributed by atoms with Crippen molar-refractivity contribution in [2.24, 2.45) is 0 Å². The molecule has 12 aromatic carbocycles. The quantitative estimate of drug-likeness (QED) is 0.119. The first kappa shape index (κ1) is 65.0. The van der Waals surface area contributed by atoms with Crippen molar-refractivity contribution >= 4 is 517 Å². The molecule has 0 spiro atoms. The SMILES string of the molecule is Bc1c(B)c(B)c(-c2c(B)c(B)c(B)c(-c3c(B)c(-c4c(B)c(B)c(B)c(-c5c(B)c(B)c6c(B)c(B)c7c(B)c(B)c(B)c8c(B)c(B)c5c6c78)c4B)c(B)c(-c4c(B)c(B)c5c(B)c(B)c6c(B)c(B)c(B)c7c(B)c(B)c4c5c67)c3B)c2B)c(B)c1B. The van der Waals surface area contributed by atoms with Crippen LogP contribution in [0.25, 0.3) is 120 Å². The van der Waals surface area contributed by atoms with E-state index < -0.39 is 0 Å². The second-order valence-electron chi connectivity index (χ2n) is 29.5. The highest BCUT2D eigenvalue weighted by molar-refractivity contribution is 6.80. The molecule has 0 fully saturated rings. The largest absolute Gasteiger partial charge is 0.140 e. The van der Waals surface area contributed by atoms with E-state index >= 15 is 0 Å². The van der Waals surface area contributed by atoms with Gasteiger partial charge in [0.1, 0.15) is 267 Å². The lowest BCUT2D eigenvalue weighted by atomic mass is 9.53. The zero-order valence-electron chi connectivity index (χ0n) is 62.0. The molecule has 394 valence electrons. The molecule has 0 atom stereocenters. The highest BCUT2D eigenvalue weighted by atomic mass is 14.3. The monoisotopic (exact) mass is 1110 g/mol. The smallest absolute Gasteiger partial charge is 0.102 e. The Morgan fingerprint density at radius 1 is 0.0667 bits per heavy atom. The molecule has 90 heavy (non-hydrogen) atoms. The summed E-state index contributed by atoms with van der Waals surface area (Å²) in [6.45, 7) is 0. The third kappa shape index (κ3) is 8.05. The molecule has 0 nitrogen and oxygen atoms in total. The zero-order chi connectivity index (χ0) is 66.3. The molecule has 0 aliphatic carbocycles. The van der Waals surface area contributed by atoms with Crippen molar-refractivity contribution in [3.8, 4) is 55.6 Å². The highest BCUT2D eigenvalue weighted by Gasteiger charge is 2.34. The van der Waals surface area contributed by atoms with E-state index in [9.17, 15) is 0 Å². The Bertz CT molecular complexity index is 5380. The van der Waals surface area contributed by atoms with Crippen LogP contribution in [0.15, 0.2) is 0 Å². The lowest BCUT2D eigenvalue weighted by Gasteiger charge is -2.34. The summed E-state index contributed by atoms with van der Waals surface area (Å²) in [7, 11) is 82.4. The predicted molar refractivity (Wildman–Crippen MR) is 519 cm³/mol. The van der Waals surface area contributed by atoms with Gasteiger partial charge >= 0.3 is 0 Å². The highest BCUT2D eigenvalue weighted by Crippen LogP contribution is 2.37. The van der Waals surface area contributed by atoms with Gasteiger partial charge in [0.25, 0.3) is 0 Å². The normalized spacial score (nSPS) is 12.0. The molecule has 0 saturated carbocycles. The Morgan fingerprint density at radius 3 is 0.400 bits per heavy atom. The van der Waals surface area contributed by atoms with Gasteiger partial charge in [0.15, 0.2) is 0 Å². The maximum Gasteiger partial charge on any atom is 0.140 e. The number of benzene rings is 12. The second kappa shape index (κ2) is 21.7. The molecule has 0 N–H and O–H groups in total. The Morgan fingerprint density at radius 2 is 0.167 bits per heavy atom. The molecule has 0 amide bonds. The molecule has 0 aliphatic rings. The molecule has 0 unspecified atom stereocenters. The molecular formula is C56H68B34. The first-order chi connectivity index (χ1) is 42.0. The maximum atomic E-state index is 2.52. The summed E-state index contributed by atoms with van der Waals surface area (Å²) in [6, 6.07) is 0. The molecule has 12 aromatic rings. The van der Waals surface area contributed by atoms with Crippen LogP contribution >= 0.6 is 0 Å². The maximum absolute atomic E-state index is 2.52. The molecule has 0 saturated heterocycles. The minimum absolute atomic E-state index is 1.37. The van der Waals surface area contributed by atoms with E-state index in [0.717, 1.165) is 0 Å². The van der Waals surface area contributed by atoms with Gasteiger partial charge in [0, 0.05) is 0 Å². The molecular weight excluding hydrogens is 1040 g/mol. The number of hydrogen-bond acceptors (Lipinski definition) is 0. The van der Waals surface area contributed by atoms with Gasteiger partial charge < -0.3 is 0 Å². The fraction of sp³-hybridized carbons (Fsp3) is 0. The fourth-order valence-corrected chi connectivity index (χ4v) is 19.4. The Kier molecular flexibility index (Phi) is 15.7. The van der Waals surface area contributed by atoms with Gasteiger partial charge in [0.2, 0.25) is 0 Å². The second-order valence-corrected chi connectivity index (χ2v) is 29.5. The first-order valence-corrected chi connectivity index (χ1v) is 33.8. The minimum Gasteiger partial charge on any atom is -0.102 e. The molecule has 0 aliphatic heterocycles. The predicted octanol–water partition coefficient (Wildman–Crippen LogP) is -43.4. The topological polar surface area (TPSA) is 0 Å². The summed E-state index contributed by atoms with van der Waals surface area (Å²) in [6.07, 6.45) is 0. The van der Waals surface area contributed by atoms with Gasteiger partial charge in [-0.25, -0.2) is 0 Å². The third-order valence-electron chi connectivity index (χ3n) is 26.4. The average Bonchev–Trinajstić information content (AvgIpc) is 0.696. The van der Waals surface area contributed by atoms with Crippen LogP contribution in [0.5, 0.6) is 0 Å². The zero-order valence-corrected chi connectivity index (χ0v) is 62.0. The van der Waals surface area contributed by atoms with Crippen LogP contribution in [-0.2, 0) is 0 Å². The Labute approximate surface area is 568 Å². The van der Waals surface area contributed by atoms with Crippen molar-refractivity contribution in [2.45, 2.75) is 0 Å². The first-order valence-electron chi connectivity index (χ1n) is 33.8. The van der Waals surface area contributed by atoms with Gasteiger partial charge in [-0.3, -0.25) is 0 Å². The third-order valence-corrected chi connectivity index (χ3v) is 26.4. The van der Waals surface area contributed by atoms with E-state index in [1.165, 1.54) is 306 Å². The van der Waals surface area contributed by atoms with E-state index in [2.05, 4.69) is 267 Å². The van der Waals surface area contributed by atoms with Crippen molar-refractivity contribution in [1.29, 1.82) is 0 Å². The molecule has 0 aromatic heterocycles. The average molecular weight is 1110 g/mol. The lowest BCUT2D eigenvalue weighted by molar-refractivity contribution is 1.76. The summed E-state index contributed by atoms with van der Waals surface area (Å²) in [5.41, 5.74) is 61.6. The van der Waals surface area contributed by atoms with Crippen molar-refractivity contribution in [3.63, 3.8) is 0 Å². The van der Waals surface area contributed by atoms with Crippen LogP contribution in [-0.4, -0.2) is 267 Å². The van der Waals surface area contributed by atoms with Gasteiger partial charge in [-0.15, -0.1) is 38.2 Å². The van der Waals surface area contributed by atoms with Crippen LogP contribution < -0.4 is 186 Å². The summed E-state index contributed by atoms with van der Waals surface area (Å²) < 4.78 is 0. The van der Waals surface area contributed by atoms with Crippen LogP contribution in [0, 0.1) is 0 Å². The van der Waals surface area contributed by atoms with Crippen molar-refractivity contribution in [3.05, 3.63) is 0 Å². The fourth-order valence-electron chi connectivity index (χ4n) is 19.4. The minimum atomic E-state index is 1.37. The molecule has 0 bridgehead atoms. The van der Waals surface area contributed by atoms with E-state index in [4.69, 9.17) is 0 Å². The van der Waals surface area contributed by atoms with Crippen molar-refractivity contribution in [1.82, 2.24) is 0 Å². The van der Waals surface area contributed by atoms with E-state index in [1.54, 1.807) is 0 Å². The number of hydrogen-bond donors (Lipinski definition) is 0. The molecule has 34 heteroatoms. The van der Waals surface area contributed by atoms with Gasteiger partial charge in [0.05, 0.1) is 0 Å². The van der Waals surface area contributed by atoms with Gasteiger partial charge in [-0.05, 0) is 120 Å². The van der Waals surface area contributed by atoms with Crippen LogP contribution in [0.2, 0.25) is 0 Å². The molecule has 12 rings (SSSR count). The van der Waals surface area contributed by atoms with Gasteiger partial charge in [-0.2, -0.15) is 0 Å². The van der Waals surface area contributed by atoms with E-state index in [1.807, 2.05) is 0 Å². The summed E-state index contributed by atoms with van der Waals surface area (Å²) in [5, 5.41) is 17.4. The lowest BCUT2D eigenvalue weighted by Crippen LogP contribution is -2.57. The summed E-state index contributed by atoms with van der Waals surface area (Å²) >= 11 is 0. The van der Waals surface area contributed by atoms with E-state index in [-0.39, 0.29) is 0 Å². The molecule has 0 radical (unpaired) electrons. The summed E-state index contributed by atoms with van der Waals surface area (Å²) in [5.74, 6) is 0.